The number of piperidine rings is 2. The van der Waals surface area contributed by atoms with Crippen LogP contribution in [0.2, 0.25) is 0 Å². The number of nitrogens with two attached hydrogens (primary N) is 1. The van der Waals surface area contributed by atoms with Crippen molar-refractivity contribution in [1.29, 1.82) is 5.26 Å². The number of carbonyl (C=O) groups excluding carboxylic acids is 1. The molecular formula is C22H27N5O4S. The largest absolute Gasteiger partial charge is 0.419 e. The van der Waals surface area contributed by atoms with Crippen LogP contribution in [0.25, 0.3) is 11.5 Å². The zero-order valence-electron chi connectivity index (χ0n) is 18.0. The molecule has 2 aliphatic heterocycles. The predicted molar refractivity (Wildman–Crippen MR) is 118 cm³/mol. The molecule has 2 aliphatic rings. The second-order valence-electron chi connectivity index (χ2n) is 8.56. The fourth-order valence-corrected chi connectivity index (χ4v) is 5.70. The molecule has 2 fully saturated rings. The molecule has 10 heteroatoms. The number of hydrogen-bond acceptors (Lipinski definition) is 7. The van der Waals surface area contributed by atoms with Gasteiger partial charge in [-0.15, -0.1) is 0 Å². The van der Waals surface area contributed by atoms with Gasteiger partial charge in [-0.05, 0) is 55.9 Å². The standard InChI is InChI=1S/C22H27N5O4S/c1-15-6-12-27(13-7-15)32(29,30)18-4-2-17(3-5-18)21-25-19(14-23)22(31-21)26-10-8-16(9-11-26)20(24)28/h2-5,15-16H,6-13H2,1H3,(H2,24,28). The molecule has 0 atom stereocenters. The molecule has 0 bridgehead atoms. The number of nitrogens with zero attached hydrogens (tertiary/aromatic N) is 4. The summed E-state index contributed by atoms with van der Waals surface area (Å²) in [7, 11) is -3.54. The Balaban J connectivity index is 1.52. The van der Waals surface area contributed by atoms with Crippen molar-refractivity contribution in [3.8, 4) is 17.5 Å². The quantitative estimate of drug-likeness (QED) is 0.728. The van der Waals surface area contributed by atoms with Gasteiger partial charge in [0.2, 0.25) is 33.4 Å². The van der Waals surface area contributed by atoms with Gasteiger partial charge < -0.3 is 15.1 Å². The zero-order valence-corrected chi connectivity index (χ0v) is 18.8. The lowest BCUT2D eigenvalue weighted by Gasteiger charge is -2.30. The van der Waals surface area contributed by atoms with Crippen molar-refractivity contribution in [1.82, 2.24) is 9.29 Å². The molecule has 170 valence electrons. The fraction of sp³-hybridized carbons (Fsp3) is 0.500. The molecule has 1 aromatic heterocycles. The molecule has 0 aliphatic carbocycles. The first-order chi connectivity index (χ1) is 15.3. The van der Waals surface area contributed by atoms with Gasteiger partial charge in [0.15, 0.2) is 0 Å². The molecule has 0 radical (unpaired) electrons. The van der Waals surface area contributed by atoms with Crippen molar-refractivity contribution in [3.63, 3.8) is 0 Å². The third-order valence-corrected chi connectivity index (χ3v) is 8.29. The first-order valence-corrected chi connectivity index (χ1v) is 12.3. The minimum absolute atomic E-state index is 0.164. The van der Waals surface area contributed by atoms with Crippen molar-refractivity contribution >= 4 is 21.8 Å². The van der Waals surface area contributed by atoms with Crippen molar-refractivity contribution in [2.45, 2.75) is 37.5 Å². The highest BCUT2D eigenvalue weighted by molar-refractivity contribution is 7.89. The molecule has 9 nitrogen and oxygen atoms in total. The SMILES string of the molecule is CC1CCN(S(=O)(=O)c2ccc(-c3nc(C#N)c(N4CCC(C(N)=O)CC4)o3)cc2)CC1. The van der Waals surface area contributed by atoms with Gasteiger partial charge in [0.05, 0.1) is 4.90 Å². The third kappa shape index (κ3) is 4.36. The lowest BCUT2D eigenvalue weighted by Crippen LogP contribution is -2.38. The number of benzene rings is 1. The van der Waals surface area contributed by atoms with Crippen molar-refractivity contribution in [2.75, 3.05) is 31.1 Å². The minimum Gasteiger partial charge on any atom is -0.419 e. The zero-order chi connectivity index (χ0) is 22.9. The number of carbonyl (C=O) groups is 1. The second kappa shape index (κ2) is 8.92. The number of primary amides is 1. The van der Waals surface area contributed by atoms with E-state index in [4.69, 9.17) is 10.2 Å². The van der Waals surface area contributed by atoms with Crippen LogP contribution in [0.15, 0.2) is 33.6 Å². The molecule has 2 N–H and O–H groups in total. The van der Waals surface area contributed by atoms with E-state index in [0.29, 0.717) is 56.4 Å². The predicted octanol–water partition coefficient (Wildman–Crippen LogP) is 2.34. The van der Waals surface area contributed by atoms with Crippen LogP contribution < -0.4 is 10.6 Å². The summed E-state index contributed by atoms with van der Waals surface area (Å²) < 4.78 is 33.3. The average Bonchev–Trinajstić information content (AvgIpc) is 3.24. The molecule has 1 aromatic carbocycles. The molecule has 32 heavy (non-hydrogen) atoms. The molecule has 0 unspecified atom stereocenters. The first-order valence-electron chi connectivity index (χ1n) is 10.9. The topological polar surface area (TPSA) is 134 Å². The Bertz CT molecular complexity index is 1120. The van der Waals surface area contributed by atoms with E-state index in [1.807, 2.05) is 4.90 Å². The number of nitriles is 1. The third-order valence-electron chi connectivity index (χ3n) is 6.38. The van der Waals surface area contributed by atoms with E-state index in [0.717, 1.165) is 12.8 Å². The Hall–Kier alpha value is -2.90. The van der Waals surface area contributed by atoms with Crippen molar-refractivity contribution in [2.24, 2.45) is 17.6 Å². The monoisotopic (exact) mass is 457 g/mol. The highest BCUT2D eigenvalue weighted by atomic mass is 32.2. The van der Waals surface area contributed by atoms with Crippen LogP contribution in [0.4, 0.5) is 5.88 Å². The molecule has 2 aromatic rings. The average molecular weight is 458 g/mol. The number of oxazole rings is 1. The van der Waals surface area contributed by atoms with Crippen LogP contribution in [-0.4, -0.2) is 49.8 Å². The molecule has 4 rings (SSSR count). The lowest BCUT2D eigenvalue weighted by molar-refractivity contribution is -0.122. The maximum absolute atomic E-state index is 12.9. The number of hydrogen-bond donors (Lipinski definition) is 1. The van der Waals surface area contributed by atoms with E-state index in [1.54, 1.807) is 24.3 Å². The van der Waals surface area contributed by atoms with Crippen LogP contribution in [-0.2, 0) is 14.8 Å². The maximum Gasteiger partial charge on any atom is 0.243 e. The highest BCUT2D eigenvalue weighted by Crippen LogP contribution is 2.32. The van der Waals surface area contributed by atoms with Crippen LogP contribution in [0.3, 0.4) is 0 Å². The summed E-state index contributed by atoms with van der Waals surface area (Å²) >= 11 is 0. The van der Waals surface area contributed by atoms with Crippen molar-refractivity contribution in [3.05, 3.63) is 30.0 Å². The molecule has 3 heterocycles. The number of sulfonamides is 1. The van der Waals surface area contributed by atoms with E-state index >= 15 is 0 Å². The van der Waals surface area contributed by atoms with E-state index in [1.165, 1.54) is 4.31 Å². The maximum atomic E-state index is 12.9. The molecule has 0 spiro atoms. The summed E-state index contributed by atoms with van der Waals surface area (Å²) in [5.41, 5.74) is 6.14. The smallest absolute Gasteiger partial charge is 0.243 e. The summed E-state index contributed by atoms with van der Waals surface area (Å²) in [6.45, 7) is 4.29. The number of anilines is 1. The van der Waals surface area contributed by atoms with Crippen LogP contribution >= 0.6 is 0 Å². The fourth-order valence-electron chi connectivity index (χ4n) is 4.23. The molecular weight excluding hydrogens is 430 g/mol. The Morgan fingerprint density at radius 3 is 2.31 bits per heavy atom. The van der Waals surface area contributed by atoms with E-state index in [9.17, 15) is 18.5 Å². The summed E-state index contributed by atoms with van der Waals surface area (Å²) in [5, 5.41) is 9.51. The Morgan fingerprint density at radius 1 is 1.12 bits per heavy atom. The van der Waals surface area contributed by atoms with Gasteiger partial charge in [-0.2, -0.15) is 14.6 Å². The summed E-state index contributed by atoms with van der Waals surface area (Å²) in [5.74, 6) is 0.683. The van der Waals surface area contributed by atoms with Gasteiger partial charge in [0.1, 0.15) is 6.07 Å². The number of aromatic nitrogens is 1. The number of rotatable bonds is 5. The van der Waals surface area contributed by atoms with E-state index in [2.05, 4.69) is 18.0 Å². The molecule has 1 amide bonds. The summed E-state index contributed by atoms with van der Waals surface area (Å²) in [6, 6.07) is 8.46. The van der Waals surface area contributed by atoms with E-state index < -0.39 is 10.0 Å². The van der Waals surface area contributed by atoms with Gasteiger partial charge in [-0.3, -0.25) is 4.79 Å². The Kier molecular flexibility index (Phi) is 6.22. The first kappa shape index (κ1) is 22.3. The summed E-state index contributed by atoms with van der Waals surface area (Å²) in [6.07, 6.45) is 2.92. The molecule has 2 saturated heterocycles. The van der Waals surface area contributed by atoms with Crippen LogP contribution in [0, 0.1) is 23.2 Å². The van der Waals surface area contributed by atoms with Crippen LogP contribution in [0.1, 0.15) is 38.3 Å². The van der Waals surface area contributed by atoms with Crippen molar-refractivity contribution < 1.29 is 17.6 Å². The normalized spacial score (nSPS) is 19.1. The van der Waals surface area contributed by atoms with Gasteiger partial charge in [0.25, 0.3) is 0 Å². The van der Waals surface area contributed by atoms with Gasteiger partial charge in [-0.25, -0.2) is 8.42 Å². The van der Waals surface area contributed by atoms with Gasteiger partial charge in [-0.1, -0.05) is 6.92 Å². The molecule has 0 saturated carbocycles. The Morgan fingerprint density at radius 2 is 1.75 bits per heavy atom. The number of amides is 1. The lowest BCUT2D eigenvalue weighted by atomic mass is 9.96. The van der Waals surface area contributed by atoms with E-state index in [-0.39, 0.29) is 28.3 Å². The second-order valence-corrected chi connectivity index (χ2v) is 10.5. The van der Waals surface area contributed by atoms with Gasteiger partial charge in [0, 0.05) is 37.7 Å². The van der Waals surface area contributed by atoms with Gasteiger partial charge >= 0.3 is 0 Å². The van der Waals surface area contributed by atoms with Crippen LogP contribution in [0.5, 0.6) is 0 Å². The minimum atomic E-state index is -3.54. The highest BCUT2D eigenvalue weighted by Gasteiger charge is 2.29. The summed E-state index contributed by atoms with van der Waals surface area (Å²) in [4.78, 5) is 17.8. The Labute approximate surface area is 187 Å².